The molecule has 1 N–H and O–H groups in total. The summed E-state index contributed by atoms with van der Waals surface area (Å²) in [5.41, 5.74) is 0.300. The van der Waals surface area contributed by atoms with Crippen molar-refractivity contribution in [3.05, 3.63) is 0 Å². The van der Waals surface area contributed by atoms with E-state index in [0.29, 0.717) is 11.5 Å². The van der Waals surface area contributed by atoms with Crippen LogP contribution in [0.4, 0.5) is 0 Å². The fourth-order valence-electron chi connectivity index (χ4n) is 2.03. The van der Waals surface area contributed by atoms with E-state index in [1.54, 1.807) is 6.26 Å². The summed E-state index contributed by atoms with van der Waals surface area (Å²) in [6.07, 6.45) is 2.99. The molecule has 1 aliphatic heterocycles. The standard InChI is InChI=1S/C12H26N2OS/c1-12(2,3)11-10-14(7-5-6-13-11)8-9-16(4)15/h11,13H,5-10H2,1-4H3. The van der Waals surface area contributed by atoms with E-state index >= 15 is 0 Å². The average Bonchev–Trinajstić information content (AvgIpc) is 2.38. The van der Waals surface area contributed by atoms with Crippen molar-refractivity contribution in [3.63, 3.8) is 0 Å². The van der Waals surface area contributed by atoms with E-state index in [-0.39, 0.29) is 0 Å². The maximum Gasteiger partial charge on any atom is 0.0359 e. The number of nitrogens with zero attached hydrogens (tertiary/aromatic N) is 1. The van der Waals surface area contributed by atoms with Gasteiger partial charge in [0.15, 0.2) is 0 Å². The van der Waals surface area contributed by atoms with Gasteiger partial charge in [0, 0.05) is 41.9 Å². The molecule has 2 unspecified atom stereocenters. The molecule has 0 aromatic rings. The average molecular weight is 246 g/mol. The third kappa shape index (κ3) is 4.93. The molecular weight excluding hydrogens is 220 g/mol. The highest BCUT2D eigenvalue weighted by atomic mass is 32.2. The van der Waals surface area contributed by atoms with Gasteiger partial charge in [0.1, 0.15) is 0 Å². The molecule has 0 aliphatic carbocycles. The van der Waals surface area contributed by atoms with Crippen LogP contribution < -0.4 is 5.32 Å². The molecule has 4 heteroatoms. The SMILES string of the molecule is CS(=O)CCN1CCCNC(C(C)(C)C)C1. The van der Waals surface area contributed by atoms with E-state index < -0.39 is 10.8 Å². The lowest BCUT2D eigenvalue weighted by Crippen LogP contribution is -2.46. The van der Waals surface area contributed by atoms with Crippen molar-refractivity contribution in [2.75, 3.05) is 38.2 Å². The van der Waals surface area contributed by atoms with Crippen LogP contribution >= 0.6 is 0 Å². The second kappa shape index (κ2) is 6.12. The highest BCUT2D eigenvalue weighted by molar-refractivity contribution is 7.84. The molecule has 1 heterocycles. The predicted octanol–water partition coefficient (Wildman–Crippen LogP) is 1.07. The molecule has 0 saturated carbocycles. The Bertz CT molecular complexity index is 238. The molecule has 1 rings (SSSR count). The van der Waals surface area contributed by atoms with Crippen molar-refractivity contribution >= 4 is 10.8 Å². The van der Waals surface area contributed by atoms with Crippen LogP contribution in [0.5, 0.6) is 0 Å². The van der Waals surface area contributed by atoms with Gasteiger partial charge in [0.25, 0.3) is 0 Å². The van der Waals surface area contributed by atoms with Gasteiger partial charge in [-0.3, -0.25) is 4.21 Å². The predicted molar refractivity (Wildman–Crippen MR) is 71.2 cm³/mol. The number of rotatable bonds is 3. The van der Waals surface area contributed by atoms with E-state index in [2.05, 4.69) is 31.0 Å². The summed E-state index contributed by atoms with van der Waals surface area (Å²) in [4.78, 5) is 2.46. The van der Waals surface area contributed by atoms with E-state index in [1.165, 1.54) is 6.42 Å². The Balaban J connectivity index is 2.49. The van der Waals surface area contributed by atoms with E-state index in [1.807, 2.05) is 0 Å². The van der Waals surface area contributed by atoms with Gasteiger partial charge >= 0.3 is 0 Å². The molecule has 16 heavy (non-hydrogen) atoms. The second-order valence-corrected chi connectivity index (χ2v) is 7.36. The summed E-state index contributed by atoms with van der Waals surface area (Å²) in [5.74, 6) is 0.802. The van der Waals surface area contributed by atoms with Crippen molar-refractivity contribution in [2.24, 2.45) is 5.41 Å². The topological polar surface area (TPSA) is 32.3 Å². The Kier molecular flexibility index (Phi) is 5.41. The van der Waals surface area contributed by atoms with Crippen molar-refractivity contribution < 1.29 is 4.21 Å². The minimum atomic E-state index is -0.667. The van der Waals surface area contributed by atoms with E-state index in [9.17, 15) is 4.21 Å². The fourth-order valence-corrected chi connectivity index (χ4v) is 2.55. The summed E-state index contributed by atoms with van der Waals surface area (Å²) >= 11 is 0. The highest BCUT2D eigenvalue weighted by Gasteiger charge is 2.27. The van der Waals surface area contributed by atoms with Crippen LogP contribution in [-0.4, -0.2) is 53.3 Å². The lowest BCUT2D eigenvalue weighted by Gasteiger charge is -2.33. The Morgan fingerprint density at radius 1 is 1.44 bits per heavy atom. The van der Waals surface area contributed by atoms with Crippen LogP contribution in [0.2, 0.25) is 0 Å². The van der Waals surface area contributed by atoms with Crippen LogP contribution in [0, 0.1) is 5.41 Å². The second-order valence-electron chi connectivity index (χ2n) is 5.80. The van der Waals surface area contributed by atoms with Gasteiger partial charge in [-0.1, -0.05) is 20.8 Å². The van der Waals surface area contributed by atoms with Crippen molar-refractivity contribution in [1.29, 1.82) is 0 Å². The van der Waals surface area contributed by atoms with Crippen LogP contribution in [0.25, 0.3) is 0 Å². The Morgan fingerprint density at radius 3 is 2.69 bits per heavy atom. The van der Waals surface area contributed by atoms with Crippen LogP contribution in [-0.2, 0) is 10.8 Å². The molecule has 1 saturated heterocycles. The first-order chi connectivity index (χ1) is 7.39. The molecule has 0 aromatic carbocycles. The lowest BCUT2D eigenvalue weighted by atomic mass is 9.86. The number of hydrogen-bond acceptors (Lipinski definition) is 3. The molecule has 1 fully saturated rings. The summed E-state index contributed by atoms with van der Waals surface area (Å²) in [6, 6.07) is 0.542. The molecule has 0 bridgehead atoms. The summed E-state index contributed by atoms with van der Waals surface area (Å²) in [6.45, 7) is 11.1. The van der Waals surface area contributed by atoms with Gasteiger partial charge in [-0.05, 0) is 24.9 Å². The van der Waals surface area contributed by atoms with Gasteiger partial charge in [0.2, 0.25) is 0 Å². The molecule has 0 spiro atoms. The van der Waals surface area contributed by atoms with Gasteiger partial charge in [-0.25, -0.2) is 0 Å². The summed E-state index contributed by atoms with van der Waals surface area (Å²) in [5, 5.41) is 3.62. The zero-order chi connectivity index (χ0) is 12.2. The van der Waals surface area contributed by atoms with Gasteiger partial charge in [-0.2, -0.15) is 0 Å². The number of hydrogen-bond donors (Lipinski definition) is 1. The first-order valence-corrected chi connectivity index (χ1v) is 7.88. The molecule has 2 atom stereocenters. The minimum Gasteiger partial charge on any atom is -0.312 e. The molecule has 0 radical (unpaired) electrons. The van der Waals surface area contributed by atoms with Gasteiger partial charge in [0.05, 0.1) is 0 Å². The zero-order valence-electron chi connectivity index (χ0n) is 11.1. The van der Waals surface area contributed by atoms with Crippen LogP contribution in [0.15, 0.2) is 0 Å². The van der Waals surface area contributed by atoms with Crippen LogP contribution in [0.1, 0.15) is 27.2 Å². The first kappa shape index (κ1) is 14.1. The lowest BCUT2D eigenvalue weighted by molar-refractivity contribution is 0.204. The summed E-state index contributed by atoms with van der Waals surface area (Å²) in [7, 11) is -0.667. The first-order valence-electron chi connectivity index (χ1n) is 6.15. The number of nitrogens with one attached hydrogen (secondary N) is 1. The van der Waals surface area contributed by atoms with E-state index in [0.717, 1.165) is 31.9 Å². The highest BCUT2D eigenvalue weighted by Crippen LogP contribution is 2.21. The molecule has 3 nitrogen and oxygen atoms in total. The largest absolute Gasteiger partial charge is 0.312 e. The maximum atomic E-state index is 11.1. The van der Waals surface area contributed by atoms with E-state index in [4.69, 9.17) is 0 Å². The van der Waals surface area contributed by atoms with Crippen molar-refractivity contribution in [1.82, 2.24) is 10.2 Å². The Hall–Kier alpha value is 0.0700. The third-order valence-corrected chi connectivity index (χ3v) is 3.98. The van der Waals surface area contributed by atoms with Gasteiger partial charge in [-0.15, -0.1) is 0 Å². The fraction of sp³-hybridized carbons (Fsp3) is 1.00. The Morgan fingerprint density at radius 2 is 2.12 bits per heavy atom. The molecule has 0 amide bonds. The van der Waals surface area contributed by atoms with Crippen molar-refractivity contribution in [3.8, 4) is 0 Å². The minimum absolute atomic E-state index is 0.300. The quantitative estimate of drug-likeness (QED) is 0.808. The van der Waals surface area contributed by atoms with Gasteiger partial charge < -0.3 is 10.2 Å². The molecule has 1 aliphatic rings. The summed E-state index contributed by atoms with van der Waals surface area (Å²) < 4.78 is 11.1. The molecular formula is C12H26N2OS. The third-order valence-electron chi connectivity index (χ3n) is 3.22. The maximum absolute atomic E-state index is 11.1. The molecule has 0 aromatic heterocycles. The normalized spacial score (nSPS) is 26.4. The monoisotopic (exact) mass is 246 g/mol. The smallest absolute Gasteiger partial charge is 0.0359 e. The van der Waals surface area contributed by atoms with Crippen LogP contribution in [0.3, 0.4) is 0 Å². The zero-order valence-corrected chi connectivity index (χ0v) is 11.9. The van der Waals surface area contributed by atoms with Crippen molar-refractivity contribution in [2.45, 2.75) is 33.2 Å². The Labute approximate surface area is 102 Å². The molecule has 96 valence electrons.